The number of halogens is 1. The van der Waals surface area contributed by atoms with Crippen molar-refractivity contribution in [2.75, 3.05) is 0 Å². The number of aryl methyl sites for hydroxylation is 1. The standard InChI is InChI=1S/C18H16FN3OS/c19-15-5-3-13(4-6-15)10-21-17(23)7-8-18-22-16(12-24-18)14-2-1-9-20-11-14/h1-6,9,11-12H,7-8,10H2,(H,21,23). The Hall–Kier alpha value is -2.60. The molecule has 1 amide bonds. The van der Waals surface area contributed by atoms with Crippen LogP contribution >= 0.6 is 11.3 Å². The van der Waals surface area contributed by atoms with Gasteiger partial charge in [0.15, 0.2) is 0 Å². The highest BCUT2D eigenvalue weighted by Gasteiger charge is 2.07. The Morgan fingerprint density at radius 1 is 1.21 bits per heavy atom. The maximum absolute atomic E-state index is 12.8. The van der Waals surface area contributed by atoms with Crippen molar-refractivity contribution in [3.05, 3.63) is 70.6 Å². The number of nitrogens with zero attached hydrogens (tertiary/aromatic N) is 2. The lowest BCUT2D eigenvalue weighted by molar-refractivity contribution is -0.121. The molecule has 0 fully saturated rings. The Labute approximate surface area is 143 Å². The molecule has 0 unspecified atom stereocenters. The third-order valence-electron chi connectivity index (χ3n) is 3.48. The fraction of sp³-hybridized carbons (Fsp3) is 0.167. The molecule has 2 heterocycles. The van der Waals surface area contributed by atoms with Crippen LogP contribution in [0.1, 0.15) is 17.0 Å². The van der Waals surface area contributed by atoms with E-state index in [2.05, 4.69) is 15.3 Å². The molecule has 24 heavy (non-hydrogen) atoms. The highest BCUT2D eigenvalue weighted by molar-refractivity contribution is 7.09. The van der Waals surface area contributed by atoms with Crippen molar-refractivity contribution in [2.24, 2.45) is 0 Å². The second kappa shape index (κ2) is 7.79. The van der Waals surface area contributed by atoms with Crippen LogP contribution in [0.15, 0.2) is 54.2 Å². The van der Waals surface area contributed by atoms with Gasteiger partial charge in [-0.25, -0.2) is 9.37 Å². The fourth-order valence-electron chi connectivity index (χ4n) is 2.18. The minimum atomic E-state index is -0.279. The molecule has 0 bridgehead atoms. The Morgan fingerprint density at radius 2 is 2.04 bits per heavy atom. The van der Waals surface area contributed by atoms with Gasteiger partial charge in [0.2, 0.25) is 5.91 Å². The van der Waals surface area contributed by atoms with Gasteiger partial charge in [-0.3, -0.25) is 9.78 Å². The van der Waals surface area contributed by atoms with Crippen molar-refractivity contribution in [1.82, 2.24) is 15.3 Å². The van der Waals surface area contributed by atoms with Crippen LogP contribution in [-0.2, 0) is 17.8 Å². The van der Waals surface area contributed by atoms with Gasteiger partial charge in [0.1, 0.15) is 5.82 Å². The zero-order valence-electron chi connectivity index (χ0n) is 12.9. The van der Waals surface area contributed by atoms with Crippen LogP contribution in [0.5, 0.6) is 0 Å². The van der Waals surface area contributed by atoms with Gasteiger partial charge in [0, 0.05) is 42.7 Å². The van der Waals surface area contributed by atoms with Crippen LogP contribution in [-0.4, -0.2) is 15.9 Å². The summed E-state index contributed by atoms with van der Waals surface area (Å²) in [5.41, 5.74) is 2.73. The third kappa shape index (κ3) is 4.45. The second-order valence-corrected chi connectivity index (χ2v) is 6.21. The molecule has 0 aliphatic carbocycles. The van der Waals surface area contributed by atoms with E-state index in [9.17, 15) is 9.18 Å². The smallest absolute Gasteiger partial charge is 0.220 e. The highest BCUT2D eigenvalue weighted by atomic mass is 32.1. The summed E-state index contributed by atoms with van der Waals surface area (Å²) in [5, 5.41) is 5.73. The molecular weight excluding hydrogens is 325 g/mol. The number of aromatic nitrogens is 2. The minimum absolute atomic E-state index is 0.0440. The number of benzene rings is 1. The van der Waals surface area contributed by atoms with Gasteiger partial charge in [-0.1, -0.05) is 12.1 Å². The number of hydrogen-bond acceptors (Lipinski definition) is 4. The fourth-order valence-corrected chi connectivity index (χ4v) is 2.99. The normalized spacial score (nSPS) is 10.5. The monoisotopic (exact) mass is 341 g/mol. The first kappa shape index (κ1) is 16.3. The zero-order chi connectivity index (χ0) is 16.8. The number of amides is 1. The van der Waals surface area contributed by atoms with Crippen molar-refractivity contribution < 1.29 is 9.18 Å². The summed E-state index contributed by atoms with van der Waals surface area (Å²) in [5.74, 6) is -0.323. The Kier molecular flexibility index (Phi) is 5.28. The number of thiazole rings is 1. The van der Waals surface area contributed by atoms with Gasteiger partial charge in [-0.2, -0.15) is 0 Å². The summed E-state index contributed by atoms with van der Waals surface area (Å²) in [6.07, 6.45) is 4.47. The first-order valence-corrected chi connectivity index (χ1v) is 8.44. The van der Waals surface area contributed by atoms with Crippen molar-refractivity contribution in [1.29, 1.82) is 0 Å². The Balaban J connectivity index is 1.48. The first-order valence-electron chi connectivity index (χ1n) is 7.56. The summed E-state index contributed by atoms with van der Waals surface area (Å²) < 4.78 is 12.8. The molecule has 1 N–H and O–H groups in total. The number of nitrogens with one attached hydrogen (secondary N) is 1. The summed E-state index contributed by atoms with van der Waals surface area (Å²) >= 11 is 1.54. The molecule has 0 aliphatic heterocycles. The van der Waals surface area contributed by atoms with E-state index in [0.29, 0.717) is 19.4 Å². The van der Waals surface area contributed by atoms with E-state index in [0.717, 1.165) is 21.8 Å². The topological polar surface area (TPSA) is 54.9 Å². The van der Waals surface area contributed by atoms with Gasteiger partial charge < -0.3 is 5.32 Å². The summed E-state index contributed by atoms with van der Waals surface area (Å²) in [6.45, 7) is 0.401. The van der Waals surface area contributed by atoms with Crippen molar-refractivity contribution >= 4 is 17.2 Å². The molecule has 6 heteroatoms. The average molecular weight is 341 g/mol. The molecule has 2 aromatic heterocycles. The number of hydrogen-bond donors (Lipinski definition) is 1. The molecule has 1 aromatic carbocycles. The van der Waals surface area contributed by atoms with Crippen LogP contribution < -0.4 is 5.32 Å². The SMILES string of the molecule is O=C(CCc1nc(-c2cccnc2)cs1)NCc1ccc(F)cc1. The zero-order valence-corrected chi connectivity index (χ0v) is 13.7. The van der Waals surface area contributed by atoms with E-state index >= 15 is 0 Å². The lowest BCUT2D eigenvalue weighted by Gasteiger charge is -2.04. The predicted octanol–water partition coefficient (Wildman–Crippen LogP) is 3.59. The largest absolute Gasteiger partial charge is 0.352 e. The second-order valence-electron chi connectivity index (χ2n) is 5.27. The third-order valence-corrected chi connectivity index (χ3v) is 4.39. The highest BCUT2D eigenvalue weighted by Crippen LogP contribution is 2.21. The maximum atomic E-state index is 12.8. The van der Waals surface area contributed by atoms with Crippen molar-refractivity contribution in [2.45, 2.75) is 19.4 Å². The molecule has 0 atom stereocenters. The lowest BCUT2D eigenvalue weighted by atomic mass is 10.2. The quantitative estimate of drug-likeness (QED) is 0.745. The number of rotatable bonds is 6. The van der Waals surface area contributed by atoms with Gasteiger partial charge >= 0.3 is 0 Å². The molecule has 0 saturated heterocycles. The first-order chi connectivity index (χ1) is 11.7. The lowest BCUT2D eigenvalue weighted by Crippen LogP contribution is -2.22. The van der Waals surface area contributed by atoms with E-state index < -0.39 is 0 Å². The summed E-state index contributed by atoms with van der Waals surface area (Å²) in [4.78, 5) is 20.5. The van der Waals surface area contributed by atoms with Gasteiger partial charge in [-0.05, 0) is 29.8 Å². The molecule has 4 nitrogen and oxygen atoms in total. The Bertz CT molecular complexity index is 803. The molecular formula is C18H16FN3OS. The van der Waals surface area contributed by atoms with Crippen molar-refractivity contribution in [3.63, 3.8) is 0 Å². The number of carbonyl (C=O) groups is 1. The van der Waals surface area contributed by atoms with E-state index in [1.807, 2.05) is 17.5 Å². The maximum Gasteiger partial charge on any atom is 0.220 e. The number of carbonyl (C=O) groups excluding carboxylic acids is 1. The minimum Gasteiger partial charge on any atom is -0.352 e. The molecule has 3 aromatic rings. The number of pyridine rings is 1. The van der Waals surface area contributed by atoms with E-state index in [-0.39, 0.29) is 11.7 Å². The molecule has 0 spiro atoms. The van der Waals surface area contributed by atoms with Gasteiger partial charge in [0.05, 0.1) is 10.7 Å². The summed E-state index contributed by atoms with van der Waals surface area (Å²) in [7, 11) is 0. The van der Waals surface area contributed by atoms with E-state index in [1.54, 1.807) is 35.9 Å². The van der Waals surface area contributed by atoms with Crippen LogP contribution in [0.3, 0.4) is 0 Å². The molecule has 122 valence electrons. The molecule has 0 saturated carbocycles. The Morgan fingerprint density at radius 3 is 2.79 bits per heavy atom. The average Bonchev–Trinajstić information content (AvgIpc) is 3.09. The van der Waals surface area contributed by atoms with Gasteiger partial charge in [0.25, 0.3) is 0 Å². The van der Waals surface area contributed by atoms with E-state index in [1.165, 1.54) is 12.1 Å². The van der Waals surface area contributed by atoms with Crippen LogP contribution in [0.2, 0.25) is 0 Å². The van der Waals surface area contributed by atoms with Crippen molar-refractivity contribution in [3.8, 4) is 11.3 Å². The predicted molar refractivity (Wildman–Crippen MR) is 91.9 cm³/mol. The van der Waals surface area contributed by atoms with Crippen LogP contribution in [0.4, 0.5) is 4.39 Å². The molecule has 0 radical (unpaired) electrons. The van der Waals surface area contributed by atoms with Crippen LogP contribution in [0, 0.1) is 5.82 Å². The van der Waals surface area contributed by atoms with Crippen LogP contribution in [0.25, 0.3) is 11.3 Å². The summed E-state index contributed by atoms with van der Waals surface area (Å²) in [6, 6.07) is 9.93. The van der Waals surface area contributed by atoms with Gasteiger partial charge in [-0.15, -0.1) is 11.3 Å². The molecule has 3 rings (SSSR count). The van der Waals surface area contributed by atoms with E-state index in [4.69, 9.17) is 0 Å². The molecule has 0 aliphatic rings.